The van der Waals surface area contributed by atoms with Crippen molar-refractivity contribution in [2.75, 3.05) is 11.9 Å². The minimum absolute atomic E-state index is 0.0845. The number of amides is 3. The molecule has 0 radical (unpaired) electrons. The molecule has 2 atom stereocenters. The Morgan fingerprint density at radius 3 is 2.30 bits per heavy atom. The third-order valence-electron chi connectivity index (χ3n) is 4.88. The lowest BCUT2D eigenvalue weighted by Crippen LogP contribution is -2.34. The van der Waals surface area contributed by atoms with Gasteiger partial charge in [0.15, 0.2) is 5.75 Å². The summed E-state index contributed by atoms with van der Waals surface area (Å²) in [6.07, 6.45) is -1.90. The van der Waals surface area contributed by atoms with E-state index < -0.39 is 18.0 Å². The maximum atomic E-state index is 12.4. The number of nitrogens with one attached hydrogen (secondary N) is 1. The molecule has 27 heavy (non-hydrogen) atoms. The molecule has 0 aromatic heterocycles. The number of hydrogen-bond acceptors (Lipinski definition) is 4. The van der Waals surface area contributed by atoms with Crippen LogP contribution in [-0.2, 0) is 14.4 Å². The van der Waals surface area contributed by atoms with Crippen molar-refractivity contribution >= 4 is 23.4 Å². The van der Waals surface area contributed by atoms with Gasteiger partial charge >= 0.3 is 6.36 Å². The summed E-state index contributed by atoms with van der Waals surface area (Å²) in [7, 11) is 0. The molecule has 2 fully saturated rings. The third kappa shape index (κ3) is 4.40. The molecular weight excluding hydrogens is 365 g/mol. The summed E-state index contributed by atoms with van der Waals surface area (Å²) < 4.78 is 41.2. The highest BCUT2D eigenvalue weighted by Crippen LogP contribution is 2.38. The van der Waals surface area contributed by atoms with Crippen molar-refractivity contribution in [3.63, 3.8) is 0 Å². The number of carbonyl (C=O) groups is 3. The summed E-state index contributed by atoms with van der Waals surface area (Å²) in [5.74, 6) is -2.23. The molecule has 6 nitrogen and oxygen atoms in total. The van der Waals surface area contributed by atoms with E-state index in [0.717, 1.165) is 23.8 Å². The Hall–Kier alpha value is -2.58. The van der Waals surface area contributed by atoms with Crippen LogP contribution in [0.15, 0.2) is 24.3 Å². The average molecular weight is 384 g/mol. The molecule has 2 aliphatic rings. The van der Waals surface area contributed by atoms with Crippen molar-refractivity contribution in [2.45, 2.75) is 38.5 Å². The first-order valence-electron chi connectivity index (χ1n) is 8.76. The molecule has 9 heteroatoms. The van der Waals surface area contributed by atoms with Crippen LogP contribution in [0.3, 0.4) is 0 Å². The molecule has 146 valence electrons. The van der Waals surface area contributed by atoms with E-state index in [1.54, 1.807) is 0 Å². The number of hydrogen-bond donors (Lipinski definition) is 1. The van der Waals surface area contributed by atoms with Gasteiger partial charge in [-0.05, 0) is 25.0 Å². The van der Waals surface area contributed by atoms with E-state index in [1.807, 2.05) is 0 Å². The molecule has 0 bridgehead atoms. The molecule has 1 saturated heterocycles. The Balaban J connectivity index is 1.59. The number of imide groups is 1. The number of para-hydroxylation sites is 2. The van der Waals surface area contributed by atoms with Crippen LogP contribution < -0.4 is 10.1 Å². The highest BCUT2D eigenvalue weighted by Gasteiger charge is 2.47. The molecule has 1 aromatic rings. The van der Waals surface area contributed by atoms with Crippen LogP contribution in [0, 0.1) is 11.8 Å². The second-order valence-corrected chi connectivity index (χ2v) is 6.67. The van der Waals surface area contributed by atoms with Gasteiger partial charge in [0, 0.05) is 13.0 Å². The summed E-state index contributed by atoms with van der Waals surface area (Å²) in [6, 6.07) is 5.16. The summed E-state index contributed by atoms with van der Waals surface area (Å²) in [6.45, 7) is -0.0845. The Morgan fingerprint density at radius 2 is 1.70 bits per heavy atom. The standard InChI is InChI=1S/C18H19F3N2O4/c19-18(20,21)27-14-8-4-3-7-13(14)22-15(24)9-10-23-16(25)11-5-1-2-6-12(11)17(23)26/h3-4,7-8,11-12H,1-2,5-6,9-10H2,(H,22,24)/t11-,12-/m1/s1. The fourth-order valence-corrected chi connectivity index (χ4v) is 3.66. The molecule has 1 heterocycles. The number of halogens is 3. The quantitative estimate of drug-likeness (QED) is 0.792. The predicted molar refractivity (Wildman–Crippen MR) is 88.5 cm³/mol. The van der Waals surface area contributed by atoms with E-state index in [1.165, 1.54) is 18.2 Å². The van der Waals surface area contributed by atoms with Crippen LogP contribution in [0.25, 0.3) is 0 Å². The number of fused-ring (bicyclic) bond motifs is 1. The second-order valence-electron chi connectivity index (χ2n) is 6.67. The molecule has 1 aromatic carbocycles. The van der Waals surface area contributed by atoms with Gasteiger partial charge in [0.25, 0.3) is 0 Å². The summed E-state index contributed by atoms with van der Waals surface area (Å²) in [5.41, 5.74) is -0.132. The molecule has 3 rings (SSSR count). The lowest BCUT2D eigenvalue weighted by atomic mass is 9.81. The van der Waals surface area contributed by atoms with Gasteiger partial charge in [0.2, 0.25) is 17.7 Å². The van der Waals surface area contributed by atoms with Crippen LogP contribution in [0.1, 0.15) is 32.1 Å². The molecule has 1 aliphatic carbocycles. The van der Waals surface area contributed by atoms with Crippen molar-refractivity contribution in [1.82, 2.24) is 4.90 Å². The van der Waals surface area contributed by atoms with Gasteiger partial charge in [-0.15, -0.1) is 13.2 Å². The zero-order valence-corrected chi connectivity index (χ0v) is 14.4. The zero-order chi connectivity index (χ0) is 19.6. The minimum atomic E-state index is -4.88. The SMILES string of the molecule is O=C(CCN1C(=O)[C@@H]2CCCC[C@H]2C1=O)Nc1ccccc1OC(F)(F)F. The van der Waals surface area contributed by atoms with Crippen LogP contribution in [0.4, 0.5) is 18.9 Å². The first kappa shape index (κ1) is 19.2. The number of nitrogens with zero attached hydrogens (tertiary/aromatic N) is 1. The van der Waals surface area contributed by atoms with Crippen molar-refractivity contribution in [3.05, 3.63) is 24.3 Å². The second kappa shape index (κ2) is 7.58. The number of benzene rings is 1. The highest BCUT2D eigenvalue weighted by atomic mass is 19.4. The highest BCUT2D eigenvalue weighted by molar-refractivity contribution is 6.05. The number of rotatable bonds is 5. The van der Waals surface area contributed by atoms with Crippen LogP contribution >= 0.6 is 0 Å². The molecule has 0 spiro atoms. The lowest BCUT2D eigenvalue weighted by Gasteiger charge is -2.19. The number of anilines is 1. The first-order valence-corrected chi connectivity index (χ1v) is 8.76. The maximum Gasteiger partial charge on any atom is 0.573 e. The Labute approximate surface area is 153 Å². The fourth-order valence-electron chi connectivity index (χ4n) is 3.66. The largest absolute Gasteiger partial charge is 0.573 e. The zero-order valence-electron chi connectivity index (χ0n) is 14.4. The number of likely N-dealkylation sites (tertiary alicyclic amines) is 1. The minimum Gasteiger partial charge on any atom is -0.404 e. The topological polar surface area (TPSA) is 75.7 Å². The average Bonchev–Trinajstić information content (AvgIpc) is 2.85. The van der Waals surface area contributed by atoms with Gasteiger partial charge in [0.1, 0.15) is 0 Å². The number of alkyl halides is 3. The van der Waals surface area contributed by atoms with Gasteiger partial charge in [0.05, 0.1) is 17.5 Å². The van der Waals surface area contributed by atoms with E-state index in [0.29, 0.717) is 12.8 Å². The monoisotopic (exact) mass is 384 g/mol. The lowest BCUT2D eigenvalue weighted by molar-refractivity contribution is -0.274. The van der Waals surface area contributed by atoms with E-state index in [-0.39, 0.29) is 42.3 Å². The van der Waals surface area contributed by atoms with Crippen LogP contribution in [-0.4, -0.2) is 35.5 Å². The normalized spacial score (nSPS) is 22.6. The van der Waals surface area contributed by atoms with Gasteiger partial charge in [-0.1, -0.05) is 25.0 Å². The van der Waals surface area contributed by atoms with E-state index in [2.05, 4.69) is 10.1 Å². The van der Waals surface area contributed by atoms with E-state index in [9.17, 15) is 27.6 Å². The summed E-state index contributed by atoms with van der Waals surface area (Å²) >= 11 is 0. The Morgan fingerprint density at radius 1 is 1.11 bits per heavy atom. The Kier molecular flexibility index (Phi) is 5.38. The number of carbonyl (C=O) groups excluding carboxylic acids is 3. The van der Waals surface area contributed by atoms with Crippen molar-refractivity contribution in [1.29, 1.82) is 0 Å². The van der Waals surface area contributed by atoms with Gasteiger partial charge in [-0.25, -0.2) is 0 Å². The van der Waals surface area contributed by atoms with Gasteiger partial charge in [-0.2, -0.15) is 0 Å². The van der Waals surface area contributed by atoms with Crippen LogP contribution in [0.2, 0.25) is 0 Å². The van der Waals surface area contributed by atoms with Crippen LogP contribution in [0.5, 0.6) is 5.75 Å². The van der Waals surface area contributed by atoms with E-state index in [4.69, 9.17) is 0 Å². The van der Waals surface area contributed by atoms with E-state index >= 15 is 0 Å². The van der Waals surface area contributed by atoms with Crippen molar-refractivity contribution in [3.8, 4) is 5.75 Å². The summed E-state index contributed by atoms with van der Waals surface area (Å²) in [5, 5.41) is 2.34. The number of ether oxygens (including phenoxy) is 1. The Bertz CT molecular complexity index is 726. The van der Waals surface area contributed by atoms with Crippen molar-refractivity contribution < 1.29 is 32.3 Å². The fraction of sp³-hybridized carbons (Fsp3) is 0.500. The molecule has 3 amide bonds. The smallest absolute Gasteiger partial charge is 0.404 e. The molecule has 1 aliphatic heterocycles. The molecular formula is C18H19F3N2O4. The molecule has 1 N–H and O–H groups in total. The predicted octanol–water partition coefficient (Wildman–Crippen LogP) is 3.09. The molecule has 1 saturated carbocycles. The first-order chi connectivity index (χ1) is 12.8. The van der Waals surface area contributed by atoms with Gasteiger partial charge < -0.3 is 10.1 Å². The maximum absolute atomic E-state index is 12.4. The third-order valence-corrected chi connectivity index (χ3v) is 4.88. The summed E-state index contributed by atoms with van der Waals surface area (Å²) in [4.78, 5) is 37.9. The van der Waals surface area contributed by atoms with Gasteiger partial charge in [-0.3, -0.25) is 19.3 Å². The molecule has 0 unspecified atom stereocenters. The van der Waals surface area contributed by atoms with Crippen molar-refractivity contribution in [2.24, 2.45) is 11.8 Å².